The molecule has 0 aromatic carbocycles. The van der Waals surface area contributed by atoms with Crippen LogP contribution in [0.4, 0.5) is 0 Å². The van der Waals surface area contributed by atoms with Crippen LogP contribution >= 0.6 is 12.2 Å². The molecule has 0 saturated heterocycles. The lowest BCUT2D eigenvalue weighted by molar-refractivity contribution is 0.0937. The van der Waals surface area contributed by atoms with E-state index < -0.39 is 5.56 Å². The lowest BCUT2D eigenvalue weighted by Gasteiger charge is -2.01. The van der Waals surface area contributed by atoms with Gasteiger partial charge < -0.3 is 4.98 Å². The zero-order chi connectivity index (χ0) is 12.0. The molecule has 5 heteroatoms. The molecule has 0 aliphatic heterocycles. The smallest absolute Gasteiger partial charge is 0.262 e. The van der Waals surface area contributed by atoms with Crippen molar-refractivity contribution in [2.75, 3.05) is 0 Å². The van der Waals surface area contributed by atoms with Crippen LogP contribution in [0.15, 0.2) is 11.0 Å². The van der Waals surface area contributed by atoms with Crippen molar-refractivity contribution in [3.63, 3.8) is 0 Å². The number of ketones is 1. The predicted molar refractivity (Wildman–Crippen MR) is 62.8 cm³/mol. The van der Waals surface area contributed by atoms with Crippen molar-refractivity contribution in [1.29, 1.82) is 0 Å². The third kappa shape index (κ3) is 3.79. The number of H-pyrrole nitrogens is 2. The SMILES string of the molecule is CC.CC(C)C(=O)c1c[nH]c(=S)[nH]c1=O. The third-order valence-electron chi connectivity index (χ3n) is 1.61. The van der Waals surface area contributed by atoms with Crippen molar-refractivity contribution in [3.05, 3.63) is 26.9 Å². The second-order valence-electron chi connectivity index (χ2n) is 3.00. The van der Waals surface area contributed by atoms with Crippen LogP contribution in [0.3, 0.4) is 0 Å². The first-order valence-electron chi connectivity index (χ1n) is 4.88. The van der Waals surface area contributed by atoms with E-state index in [1.54, 1.807) is 13.8 Å². The Morgan fingerprint density at radius 1 is 1.40 bits per heavy atom. The lowest BCUT2D eigenvalue weighted by Crippen LogP contribution is -2.21. The van der Waals surface area contributed by atoms with Gasteiger partial charge in [0.1, 0.15) is 0 Å². The Hall–Kier alpha value is -1.23. The molecule has 4 nitrogen and oxygen atoms in total. The van der Waals surface area contributed by atoms with Gasteiger partial charge in [-0.05, 0) is 12.2 Å². The maximum atomic E-state index is 11.4. The van der Waals surface area contributed by atoms with Gasteiger partial charge in [-0.3, -0.25) is 14.6 Å². The van der Waals surface area contributed by atoms with Crippen LogP contribution in [0.2, 0.25) is 0 Å². The molecule has 0 bridgehead atoms. The lowest BCUT2D eigenvalue weighted by atomic mass is 10.0. The first-order chi connectivity index (χ1) is 7.02. The second-order valence-corrected chi connectivity index (χ2v) is 3.41. The van der Waals surface area contributed by atoms with Crippen LogP contribution < -0.4 is 5.56 Å². The normalized spacial score (nSPS) is 9.40. The Balaban J connectivity index is 0.000000921. The van der Waals surface area contributed by atoms with E-state index in [4.69, 9.17) is 0 Å². The Morgan fingerprint density at radius 3 is 2.33 bits per heavy atom. The highest BCUT2D eigenvalue weighted by Gasteiger charge is 2.13. The van der Waals surface area contributed by atoms with Gasteiger partial charge in [-0.25, -0.2) is 0 Å². The summed E-state index contributed by atoms with van der Waals surface area (Å²) >= 11 is 4.69. The molecule has 1 heterocycles. The fraction of sp³-hybridized carbons (Fsp3) is 0.500. The van der Waals surface area contributed by atoms with Crippen LogP contribution in [0.1, 0.15) is 38.1 Å². The average Bonchev–Trinajstić information content (AvgIpc) is 2.20. The summed E-state index contributed by atoms with van der Waals surface area (Å²) in [6.45, 7) is 7.48. The summed E-state index contributed by atoms with van der Waals surface area (Å²) in [5, 5.41) is 0. The van der Waals surface area contributed by atoms with Crippen molar-refractivity contribution in [3.8, 4) is 0 Å². The zero-order valence-electron chi connectivity index (χ0n) is 9.38. The quantitative estimate of drug-likeness (QED) is 0.603. The summed E-state index contributed by atoms with van der Waals surface area (Å²) in [5.74, 6) is -0.377. The Kier molecular flexibility index (Phi) is 5.77. The molecular formula is C10H16N2O2S. The summed E-state index contributed by atoms with van der Waals surface area (Å²) in [6.07, 6.45) is 1.35. The monoisotopic (exact) mass is 228 g/mol. The number of carbonyl (C=O) groups excluding carboxylic acids is 1. The van der Waals surface area contributed by atoms with Gasteiger partial charge in [0.2, 0.25) is 0 Å². The molecule has 1 aromatic heterocycles. The van der Waals surface area contributed by atoms with E-state index in [2.05, 4.69) is 22.2 Å². The molecule has 0 radical (unpaired) electrons. The molecule has 0 amide bonds. The number of rotatable bonds is 2. The zero-order valence-corrected chi connectivity index (χ0v) is 10.2. The standard InChI is InChI=1S/C8H10N2O2S.C2H6/c1-4(2)6(11)5-3-9-8(13)10-7(5)12;1-2/h3-4H,1-2H3,(H2,9,10,12,13);1-2H3. The molecule has 0 unspecified atom stereocenters. The molecular weight excluding hydrogens is 212 g/mol. The number of hydrogen-bond donors (Lipinski definition) is 2. The number of hydrogen-bond acceptors (Lipinski definition) is 3. The highest BCUT2D eigenvalue weighted by Crippen LogP contribution is 2.01. The van der Waals surface area contributed by atoms with E-state index in [-0.39, 0.29) is 22.0 Å². The van der Waals surface area contributed by atoms with E-state index >= 15 is 0 Å². The van der Waals surface area contributed by atoms with Gasteiger partial charge in [0.15, 0.2) is 10.6 Å². The van der Waals surface area contributed by atoms with Crippen LogP contribution in [-0.2, 0) is 0 Å². The van der Waals surface area contributed by atoms with Gasteiger partial charge in [0, 0.05) is 12.1 Å². The van der Waals surface area contributed by atoms with E-state index in [9.17, 15) is 9.59 Å². The minimum Gasteiger partial charge on any atom is -0.338 e. The first kappa shape index (κ1) is 13.8. The number of Topliss-reactive ketones (excluding diaryl/α,β-unsaturated/α-hetero) is 1. The summed E-state index contributed by atoms with van der Waals surface area (Å²) in [4.78, 5) is 27.6. The number of carbonyl (C=O) groups is 1. The molecule has 0 aliphatic rings. The molecule has 0 fully saturated rings. The minimum atomic E-state index is -0.428. The summed E-state index contributed by atoms with van der Waals surface area (Å²) in [7, 11) is 0. The van der Waals surface area contributed by atoms with Crippen LogP contribution in [0.25, 0.3) is 0 Å². The van der Waals surface area contributed by atoms with Gasteiger partial charge >= 0.3 is 0 Å². The first-order valence-corrected chi connectivity index (χ1v) is 5.29. The van der Waals surface area contributed by atoms with Crippen molar-refractivity contribution < 1.29 is 4.79 Å². The maximum absolute atomic E-state index is 11.4. The van der Waals surface area contributed by atoms with Crippen LogP contribution in [0, 0.1) is 10.7 Å². The Morgan fingerprint density at radius 2 is 1.93 bits per heavy atom. The summed E-state index contributed by atoms with van der Waals surface area (Å²) in [5.41, 5.74) is -0.300. The minimum absolute atomic E-state index is 0.128. The third-order valence-corrected chi connectivity index (χ3v) is 1.83. The molecule has 2 N–H and O–H groups in total. The van der Waals surface area contributed by atoms with Crippen molar-refractivity contribution in [1.82, 2.24) is 9.97 Å². The van der Waals surface area contributed by atoms with Gasteiger partial charge in [-0.2, -0.15) is 0 Å². The van der Waals surface area contributed by atoms with Crippen molar-refractivity contribution >= 4 is 18.0 Å². The van der Waals surface area contributed by atoms with E-state index in [1.165, 1.54) is 6.20 Å². The molecule has 84 valence electrons. The topological polar surface area (TPSA) is 65.7 Å². The van der Waals surface area contributed by atoms with Gasteiger partial charge in [-0.1, -0.05) is 27.7 Å². The molecule has 1 rings (SSSR count). The second kappa shape index (κ2) is 6.29. The van der Waals surface area contributed by atoms with Crippen LogP contribution in [-0.4, -0.2) is 15.8 Å². The predicted octanol–water partition coefficient (Wildman–Crippen LogP) is 2.30. The van der Waals surface area contributed by atoms with E-state index in [0.29, 0.717) is 0 Å². The van der Waals surface area contributed by atoms with Crippen molar-refractivity contribution in [2.45, 2.75) is 27.7 Å². The molecule has 0 saturated carbocycles. The van der Waals surface area contributed by atoms with Crippen LogP contribution in [0.5, 0.6) is 0 Å². The summed E-state index contributed by atoms with van der Waals surface area (Å²) in [6, 6.07) is 0. The van der Waals surface area contributed by atoms with E-state index in [1.807, 2.05) is 13.8 Å². The van der Waals surface area contributed by atoms with E-state index in [0.717, 1.165) is 0 Å². The Bertz CT molecular complexity index is 432. The molecule has 0 atom stereocenters. The maximum Gasteiger partial charge on any atom is 0.262 e. The fourth-order valence-electron chi connectivity index (χ4n) is 0.904. The summed E-state index contributed by atoms with van der Waals surface area (Å²) < 4.78 is 0.227. The van der Waals surface area contributed by atoms with Gasteiger partial charge in [0.05, 0.1) is 5.56 Å². The number of aromatic amines is 2. The Labute approximate surface area is 93.7 Å². The number of aromatic nitrogens is 2. The highest BCUT2D eigenvalue weighted by molar-refractivity contribution is 7.71. The van der Waals surface area contributed by atoms with Gasteiger partial charge in [0.25, 0.3) is 5.56 Å². The molecule has 1 aromatic rings. The molecule has 15 heavy (non-hydrogen) atoms. The largest absolute Gasteiger partial charge is 0.338 e. The van der Waals surface area contributed by atoms with Crippen molar-refractivity contribution in [2.24, 2.45) is 5.92 Å². The highest BCUT2D eigenvalue weighted by atomic mass is 32.1. The number of nitrogens with one attached hydrogen (secondary N) is 2. The molecule has 0 spiro atoms. The average molecular weight is 228 g/mol. The molecule has 0 aliphatic carbocycles. The fourth-order valence-corrected chi connectivity index (χ4v) is 1.06. The van der Waals surface area contributed by atoms with Gasteiger partial charge in [-0.15, -0.1) is 0 Å².